The van der Waals surface area contributed by atoms with Gasteiger partial charge in [0.1, 0.15) is 11.4 Å². The summed E-state index contributed by atoms with van der Waals surface area (Å²) in [7, 11) is 2.25. The number of aromatic nitrogens is 4. The summed E-state index contributed by atoms with van der Waals surface area (Å²) in [6.07, 6.45) is 9.47. The number of carbonyl (C=O) groups excluding carboxylic acids is 1. The van der Waals surface area contributed by atoms with Gasteiger partial charge in [-0.05, 0) is 100 Å². The van der Waals surface area contributed by atoms with E-state index in [-0.39, 0.29) is 11.7 Å². The zero-order chi connectivity index (χ0) is 31.7. The van der Waals surface area contributed by atoms with Gasteiger partial charge in [0.25, 0.3) is 5.91 Å². The van der Waals surface area contributed by atoms with E-state index in [4.69, 9.17) is 15.5 Å². The predicted octanol–water partition coefficient (Wildman–Crippen LogP) is 3.86. The zero-order valence-electron chi connectivity index (χ0n) is 27.2. The van der Waals surface area contributed by atoms with Crippen LogP contribution in [0, 0.1) is 5.41 Å². The number of primary amides is 1. The van der Waals surface area contributed by atoms with Gasteiger partial charge < -0.3 is 30.9 Å². The molecule has 5 N–H and O–H groups in total. The van der Waals surface area contributed by atoms with E-state index >= 15 is 0 Å². The van der Waals surface area contributed by atoms with Crippen molar-refractivity contribution in [1.82, 2.24) is 30.0 Å². The molecule has 12 nitrogen and oxygen atoms in total. The Morgan fingerprint density at radius 3 is 2.48 bits per heavy atom. The minimum absolute atomic E-state index is 0.0766. The van der Waals surface area contributed by atoms with Crippen LogP contribution in [-0.2, 0) is 11.2 Å². The molecule has 0 saturated carbocycles. The van der Waals surface area contributed by atoms with Gasteiger partial charge >= 0.3 is 0 Å². The van der Waals surface area contributed by atoms with Crippen molar-refractivity contribution in [2.45, 2.75) is 64.0 Å². The van der Waals surface area contributed by atoms with E-state index in [0.29, 0.717) is 47.7 Å². The zero-order valence-corrected chi connectivity index (χ0v) is 27.2. The molecule has 6 heterocycles. The Hall–Kier alpha value is -3.74. The lowest BCUT2D eigenvalue weighted by Crippen LogP contribution is -2.63. The lowest BCUT2D eigenvalue weighted by Gasteiger charge is -2.57. The molecule has 4 fully saturated rings. The first-order valence-electron chi connectivity index (χ1n) is 17.0. The van der Waals surface area contributed by atoms with Crippen molar-refractivity contribution in [1.29, 1.82) is 0 Å². The second-order valence-corrected chi connectivity index (χ2v) is 13.7. The second-order valence-electron chi connectivity index (χ2n) is 13.7. The summed E-state index contributed by atoms with van der Waals surface area (Å²) >= 11 is 0. The van der Waals surface area contributed by atoms with Crippen molar-refractivity contribution in [3.05, 3.63) is 41.7 Å². The van der Waals surface area contributed by atoms with E-state index in [9.17, 15) is 4.79 Å². The Bertz CT molecular complexity index is 1500. The van der Waals surface area contributed by atoms with Crippen LogP contribution in [0.5, 0.6) is 0 Å². The fourth-order valence-electron chi connectivity index (χ4n) is 7.75. The van der Waals surface area contributed by atoms with Crippen LogP contribution >= 0.6 is 0 Å². The maximum atomic E-state index is 12.6. The van der Waals surface area contributed by atoms with Crippen LogP contribution in [0.25, 0.3) is 11.4 Å². The van der Waals surface area contributed by atoms with Crippen LogP contribution < -0.4 is 21.3 Å². The molecule has 0 aliphatic carbocycles. The number of amides is 1. The summed E-state index contributed by atoms with van der Waals surface area (Å²) in [6, 6.07) is 9.13. The third-order valence-corrected chi connectivity index (χ3v) is 10.6. The number of carbonyl (C=O) groups is 1. The Morgan fingerprint density at radius 2 is 1.80 bits per heavy atom. The van der Waals surface area contributed by atoms with E-state index in [1.807, 2.05) is 6.07 Å². The SMILES string of the molecule is CCc1cc(Nc2nc(NC3CCOCC3)c(-c3cc[nH]n3)nc2C(N)=O)ccc1N1CCC(N2CC3(CCN(C)CC3)C2)CC1. The fraction of sp³-hybridized carbons (Fsp3) is 0.588. The number of H-pyrrole nitrogens is 1. The minimum atomic E-state index is -0.649. The Labute approximate surface area is 271 Å². The predicted molar refractivity (Wildman–Crippen MR) is 181 cm³/mol. The second kappa shape index (κ2) is 13.2. The Morgan fingerprint density at radius 1 is 1.04 bits per heavy atom. The maximum Gasteiger partial charge on any atom is 0.271 e. The summed E-state index contributed by atoms with van der Waals surface area (Å²) < 4.78 is 5.54. The molecule has 3 aromatic rings. The lowest BCUT2D eigenvalue weighted by atomic mass is 9.71. The van der Waals surface area contributed by atoms with Gasteiger partial charge in [-0.2, -0.15) is 5.10 Å². The molecule has 4 saturated heterocycles. The quantitative estimate of drug-likeness (QED) is 0.276. The molecule has 2 aromatic heterocycles. The summed E-state index contributed by atoms with van der Waals surface area (Å²) in [5.41, 5.74) is 11.0. The number of nitrogens with two attached hydrogens (primary N) is 1. The number of nitrogens with one attached hydrogen (secondary N) is 3. The van der Waals surface area contributed by atoms with Gasteiger partial charge in [0.2, 0.25) is 0 Å². The smallest absolute Gasteiger partial charge is 0.271 e. The number of rotatable bonds is 9. The third kappa shape index (κ3) is 6.43. The van der Waals surface area contributed by atoms with Gasteiger partial charge in [0.15, 0.2) is 17.3 Å². The maximum absolute atomic E-state index is 12.6. The monoisotopic (exact) mass is 628 g/mol. The van der Waals surface area contributed by atoms with Crippen molar-refractivity contribution in [2.75, 3.05) is 75.1 Å². The molecular formula is C34H48N10O2. The molecule has 12 heteroatoms. The Balaban J connectivity index is 1.06. The first kappa shape index (κ1) is 30.9. The number of aryl methyl sites for hydroxylation is 1. The lowest BCUT2D eigenvalue weighted by molar-refractivity contribution is -0.0704. The largest absolute Gasteiger partial charge is 0.381 e. The number of anilines is 4. The molecular weight excluding hydrogens is 580 g/mol. The van der Waals surface area contributed by atoms with Crippen molar-refractivity contribution < 1.29 is 9.53 Å². The van der Waals surface area contributed by atoms with Crippen LogP contribution in [-0.4, -0.2) is 107 Å². The number of hydrogen-bond acceptors (Lipinski definition) is 10. The van der Waals surface area contributed by atoms with Crippen molar-refractivity contribution in [3.8, 4) is 11.4 Å². The fourth-order valence-corrected chi connectivity index (χ4v) is 7.75. The first-order valence-corrected chi connectivity index (χ1v) is 17.0. The van der Waals surface area contributed by atoms with E-state index in [1.165, 1.54) is 63.1 Å². The molecule has 0 unspecified atom stereocenters. The molecule has 246 valence electrons. The highest BCUT2D eigenvalue weighted by atomic mass is 16.5. The van der Waals surface area contributed by atoms with Crippen LogP contribution in [0.4, 0.5) is 23.0 Å². The van der Waals surface area contributed by atoms with Gasteiger partial charge in [-0.3, -0.25) is 14.8 Å². The molecule has 4 aliphatic heterocycles. The Kier molecular flexibility index (Phi) is 8.84. The van der Waals surface area contributed by atoms with Crippen LogP contribution in [0.1, 0.15) is 61.5 Å². The highest BCUT2D eigenvalue weighted by molar-refractivity contribution is 5.97. The number of hydrogen-bond donors (Lipinski definition) is 4. The molecule has 1 amide bonds. The van der Waals surface area contributed by atoms with Gasteiger partial charge in [-0.25, -0.2) is 9.97 Å². The highest BCUT2D eigenvalue weighted by Crippen LogP contribution is 2.43. The number of benzene rings is 1. The van der Waals surface area contributed by atoms with Crippen LogP contribution in [0.15, 0.2) is 30.5 Å². The molecule has 0 atom stereocenters. The molecule has 1 spiro atoms. The topological polar surface area (TPSA) is 141 Å². The van der Waals surface area contributed by atoms with Gasteiger partial charge in [-0.15, -0.1) is 0 Å². The average Bonchev–Trinajstić information content (AvgIpc) is 3.60. The first-order chi connectivity index (χ1) is 22.4. The van der Waals surface area contributed by atoms with E-state index < -0.39 is 5.91 Å². The summed E-state index contributed by atoms with van der Waals surface area (Å²) in [5, 5.41) is 14.0. The molecule has 0 radical (unpaired) electrons. The summed E-state index contributed by atoms with van der Waals surface area (Å²) in [5.74, 6) is 0.239. The summed E-state index contributed by atoms with van der Waals surface area (Å²) in [6.45, 7) is 10.8. The molecule has 46 heavy (non-hydrogen) atoms. The summed E-state index contributed by atoms with van der Waals surface area (Å²) in [4.78, 5) is 30.0. The number of piperidine rings is 2. The number of likely N-dealkylation sites (tertiary alicyclic amines) is 2. The molecule has 7 rings (SSSR count). The van der Waals surface area contributed by atoms with E-state index in [0.717, 1.165) is 38.0 Å². The van der Waals surface area contributed by atoms with Crippen LogP contribution in [0.2, 0.25) is 0 Å². The molecule has 1 aromatic carbocycles. The highest BCUT2D eigenvalue weighted by Gasteiger charge is 2.46. The third-order valence-electron chi connectivity index (χ3n) is 10.6. The van der Waals surface area contributed by atoms with Crippen LogP contribution in [0.3, 0.4) is 0 Å². The molecule has 4 aliphatic rings. The standard InChI is InChI=1S/C34H48N10O2/c1-3-23-20-25(4-5-28(23)43-14-7-26(8-15-43)44-21-34(22-44)11-16-42(2)17-12-34)38-33-30(31(35)45)39-29(27-6-13-36-41-27)32(40-33)37-24-9-18-46-19-10-24/h4-6,13,20,24,26H,3,7-12,14-19,21-22H2,1-2H3,(H2,35,45)(H,36,41)(H2,37,38,40). The van der Waals surface area contributed by atoms with Gasteiger partial charge in [0, 0.05) is 69.0 Å². The van der Waals surface area contributed by atoms with E-state index in [1.54, 1.807) is 6.20 Å². The minimum Gasteiger partial charge on any atom is -0.381 e. The van der Waals surface area contributed by atoms with Gasteiger partial charge in [-0.1, -0.05) is 6.92 Å². The molecule has 0 bridgehead atoms. The van der Waals surface area contributed by atoms with Gasteiger partial charge in [0.05, 0.1) is 0 Å². The number of ether oxygens (including phenoxy) is 1. The number of nitrogens with zero attached hydrogens (tertiary/aromatic N) is 6. The normalized spacial score (nSPS) is 21.3. The van der Waals surface area contributed by atoms with Crippen molar-refractivity contribution in [2.24, 2.45) is 11.1 Å². The van der Waals surface area contributed by atoms with E-state index in [2.05, 4.69) is 72.7 Å². The van der Waals surface area contributed by atoms with Crippen molar-refractivity contribution in [3.63, 3.8) is 0 Å². The van der Waals surface area contributed by atoms with Crippen molar-refractivity contribution >= 4 is 28.9 Å². The average molecular weight is 629 g/mol. The number of aromatic amines is 1.